The summed E-state index contributed by atoms with van der Waals surface area (Å²) in [5, 5.41) is 16.5. The molecule has 0 saturated carbocycles. The topological polar surface area (TPSA) is 83.4 Å². The van der Waals surface area contributed by atoms with Crippen molar-refractivity contribution in [1.29, 1.82) is 0 Å². The Hall–Kier alpha value is -3.24. The number of hydrogen-bond acceptors (Lipinski definition) is 4. The second-order valence-electron chi connectivity index (χ2n) is 7.62. The van der Waals surface area contributed by atoms with Crippen molar-refractivity contribution in [2.24, 2.45) is 0 Å². The minimum Gasteiger partial charge on any atom is -0.390 e. The molecule has 32 heavy (non-hydrogen) atoms. The summed E-state index contributed by atoms with van der Waals surface area (Å²) in [5.74, 6) is -2.02. The fraction of sp³-hybridized carbons (Fsp3) is 0.273. The van der Waals surface area contributed by atoms with Gasteiger partial charge in [0, 0.05) is 35.7 Å². The molecule has 1 aliphatic heterocycles. The van der Waals surface area contributed by atoms with Gasteiger partial charge in [-0.25, -0.2) is 4.39 Å². The average Bonchev–Trinajstić information content (AvgIpc) is 3.15. The molecule has 168 valence electrons. The van der Waals surface area contributed by atoms with Crippen LogP contribution in [0.15, 0.2) is 53.5 Å². The fourth-order valence-corrected chi connectivity index (χ4v) is 3.88. The predicted molar refractivity (Wildman–Crippen MR) is 110 cm³/mol. The van der Waals surface area contributed by atoms with Crippen molar-refractivity contribution >= 4 is 22.4 Å². The third-order valence-corrected chi connectivity index (χ3v) is 5.46. The number of rotatable bonds is 4. The molecule has 2 aromatic carbocycles. The van der Waals surface area contributed by atoms with E-state index in [9.17, 15) is 32.3 Å². The summed E-state index contributed by atoms with van der Waals surface area (Å²) in [6.45, 7) is 0.825. The lowest BCUT2D eigenvalue weighted by Crippen LogP contribution is -2.31. The Balaban J connectivity index is 1.59. The van der Waals surface area contributed by atoms with Crippen LogP contribution in [0.2, 0.25) is 0 Å². The van der Waals surface area contributed by atoms with Crippen LogP contribution in [0, 0.1) is 5.82 Å². The smallest absolute Gasteiger partial charge is 0.390 e. The van der Waals surface area contributed by atoms with Crippen LogP contribution in [0.5, 0.6) is 0 Å². The maximum atomic E-state index is 13.5. The van der Waals surface area contributed by atoms with Crippen molar-refractivity contribution in [3.8, 4) is 0 Å². The molecule has 1 amide bonds. The molecule has 0 aliphatic carbocycles. The first kappa shape index (κ1) is 22.0. The molecule has 0 spiro atoms. The molecule has 2 heterocycles. The molecule has 0 bridgehead atoms. The van der Waals surface area contributed by atoms with Gasteiger partial charge in [-0.1, -0.05) is 12.1 Å². The molecule has 2 atom stereocenters. The Morgan fingerprint density at radius 3 is 2.62 bits per heavy atom. The number of hydrogen-bond donors (Lipinski definition) is 3. The van der Waals surface area contributed by atoms with Crippen molar-refractivity contribution in [3.05, 3.63) is 76.0 Å². The van der Waals surface area contributed by atoms with Gasteiger partial charge < -0.3 is 20.3 Å². The van der Waals surface area contributed by atoms with Gasteiger partial charge in [-0.3, -0.25) is 9.59 Å². The zero-order valence-electron chi connectivity index (χ0n) is 16.6. The molecular formula is C22H19F4N3O3. The number of halogens is 4. The average molecular weight is 449 g/mol. The highest BCUT2D eigenvalue weighted by atomic mass is 19.4. The van der Waals surface area contributed by atoms with Gasteiger partial charge in [0.25, 0.3) is 5.56 Å². The van der Waals surface area contributed by atoms with E-state index in [4.69, 9.17) is 0 Å². The van der Waals surface area contributed by atoms with Crippen molar-refractivity contribution in [3.63, 3.8) is 0 Å². The molecule has 1 aromatic heterocycles. The van der Waals surface area contributed by atoms with E-state index in [1.165, 1.54) is 10.8 Å². The van der Waals surface area contributed by atoms with Gasteiger partial charge in [0.05, 0.1) is 24.1 Å². The largest absolute Gasteiger partial charge is 0.419 e. The van der Waals surface area contributed by atoms with Crippen molar-refractivity contribution < 1.29 is 27.5 Å². The summed E-state index contributed by atoms with van der Waals surface area (Å²) in [7, 11) is 0. The van der Waals surface area contributed by atoms with Gasteiger partial charge >= 0.3 is 6.18 Å². The van der Waals surface area contributed by atoms with Gasteiger partial charge in [0.1, 0.15) is 5.82 Å². The number of aliphatic hydroxyl groups excluding tert-OH is 1. The lowest BCUT2D eigenvalue weighted by Gasteiger charge is -2.18. The van der Waals surface area contributed by atoms with Crippen LogP contribution in [0.4, 0.5) is 23.2 Å². The van der Waals surface area contributed by atoms with Gasteiger partial charge in [-0.05, 0) is 35.9 Å². The predicted octanol–water partition coefficient (Wildman–Crippen LogP) is 2.85. The number of carbonyl (C=O) groups is 1. The van der Waals surface area contributed by atoms with Gasteiger partial charge in [0.15, 0.2) is 0 Å². The fourth-order valence-electron chi connectivity index (χ4n) is 3.88. The van der Waals surface area contributed by atoms with Crippen LogP contribution in [0.3, 0.4) is 0 Å². The molecule has 3 aromatic rings. The van der Waals surface area contributed by atoms with Crippen molar-refractivity contribution in [1.82, 2.24) is 9.88 Å². The number of carbonyl (C=O) groups excluding carboxylic acids is 1. The highest BCUT2D eigenvalue weighted by Crippen LogP contribution is 2.32. The molecule has 6 nitrogen and oxygen atoms in total. The third-order valence-electron chi connectivity index (χ3n) is 5.46. The normalized spacial score (nSPS) is 18.8. The van der Waals surface area contributed by atoms with E-state index in [2.05, 4.69) is 10.6 Å². The Kier molecular flexibility index (Phi) is 5.74. The zero-order chi connectivity index (χ0) is 23.0. The number of fused-ring (bicyclic) bond motifs is 1. The standard InChI is InChI=1S/C22H19F4N3O3/c23-16-5-4-12(8-15(16)22(24,25)26)9-20(31)28-17-3-1-2-14-13(17)6-7-29(21(14)32)18-10-27-11-19(18)30/h1-8,18-19,27,30H,9-11H2,(H,28,31)/t18-,19-/m1/s1. The Labute approximate surface area is 179 Å². The number of β-amino-alcohol motifs (C(OH)–C–C–N with tert-alkyl or cyclic N) is 1. The number of anilines is 1. The molecule has 4 rings (SSSR count). The maximum absolute atomic E-state index is 13.5. The first-order valence-electron chi connectivity index (χ1n) is 9.83. The quantitative estimate of drug-likeness (QED) is 0.535. The van der Waals surface area contributed by atoms with E-state index < -0.39 is 42.0 Å². The van der Waals surface area contributed by atoms with Crippen LogP contribution >= 0.6 is 0 Å². The highest BCUT2D eigenvalue weighted by Gasteiger charge is 2.34. The Bertz CT molecular complexity index is 1240. The van der Waals surface area contributed by atoms with Gasteiger partial charge in [-0.15, -0.1) is 0 Å². The van der Waals surface area contributed by atoms with E-state index in [1.54, 1.807) is 24.3 Å². The van der Waals surface area contributed by atoms with E-state index in [1.807, 2.05) is 0 Å². The van der Waals surface area contributed by atoms with Crippen molar-refractivity contribution in [2.45, 2.75) is 24.7 Å². The molecule has 1 fully saturated rings. The summed E-state index contributed by atoms with van der Waals surface area (Å²) in [5.41, 5.74) is -1.45. The first-order valence-corrected chi connectivity index (χ1v) is 9.83. The molecule has 1 saturated heterocycles. The van der Waals surface area contributed by atoms with E-state index in [0.29, 0.717) is 41.7 Å². The number of aromatic nitrogens is 1. The molecule has 0 radical (unpaired) electrons. The van der Waals surface area contributed by atoms with Crippen LogP contribution < -0.4 is 16.2 Å². The minimum absolute atomic E-state index is 0.00142. The number of nitrogens with one attached hydrogen (secondary N) is 2. The summed E-state index contributed by atoms with van der Waals surface area (Å²) < 4.78 is 53.6. The third kappa shape index (κ3) is 4.23. The number of nitrogens with zero attached hydrogens (tertiary/aromatic N) is 1. The summed E-state index contributed by atoms with van der Waals surface area (Å²) in [6.07, 6.45) is -4.44. The first-order chi connectivity index (χ1) is 15.1. The van der Waals surface area contributed by atoms with Gasteiger partial charge in [-0.2, -0.15) is 13.2 Å². The monoisotopic (exact) mass is 449 g/mol. The Morgan fingerprint density at radius 2 is 1.94 bits per heavy atom. The Morgan fingerprint density at radius 1 is 1.16 bits per heavy atom. The molecule has 3 N–H and O–H groups in total. The minimum atomic E-state index is -4.87. The number of benzene rings is 2. The van der Waals surface area contributed by atoms with Crippen LogP contribution in [0.1, 0.15) is 17.2 Å². The molecule has 10 heteroatoms. The van der Waals surface area contributed by atoms with E-state index in [0.717, 1.165) is 6.07 Å². The number of pyridine rings is 1. The number of alkyl halides is 3. The van der Waals surface area contributed by atoms with E-state index in [-0.39, 0.29) is 11.1 Å². The highest BCUT2D eigenvalue weighted by molar-refractivity contribution is 6.02. The second kappa shape index (κ2) is 8.36. The van der Waals surface area contributed by atoms with Gasteiger partial charge in [0.2, 0.25) is 5.91 Å². The van der Waals surface area contributed by atoms with E-state index >= 15 is 0 Å². The molecule has 0 unspecified atom stereocenters. The summed E-state index contributed by atoms with van der Waals surface area (Å²) in [6, 6.07) is 8.37. The lowest BCUT2D eigenvalue weighted by molar-refractivity contribution is -0.140. The summed E-state index contributed by atoms with van der Waals surface area (Å²) >= 11 is 0. The maximum Gasteiger partial charge on any atom is 0.419 e. The molecular weight excluding hydrogens is 430 g/mol. The zero-order valence-corrected chi connectivity index (χ0v) is 16.6. The van der Waals surface area contributed by atoms with Crippen LogP contribution in [-0.2, 0) is 17.4 Å². The number of amides is 1. The summed E-state index contributed by atoms with van der Waals surface area (Å²) in [4.78, 5) is 25.4. The lowest BCUT2D eigenvalue weighted by atomic mass is 10.1. The SMILES string of the molecule is O=C(Cc1ccc(F)c(C(F)(F)F)c1)Nc1cccc2c(=O)n([C@@H]3CNC[C@H]3O)ccc12. The second-order valence-corrected chi connectivity index (χ2v) is 7.62. The van der Waals surface area contributed by atoms with Crippen molar-refractivity contribution in [2.75, 3.05) is 18.4 Å². The van der Waals surface area contributed by atoms with Crippen LogP contribution in [0.25, 0.3) is 10.8 Å². The number of aliphatic hydroxyl groups is 1. The van der Waals surface area contributed by atoms with Crippen LogP contribution in [-0.4, -0.2) is 34.8 Å². The molecule has 1 aliphatic rings.